The number of H-pyrrole nitrogens is 1. The molecule has 4 aromatic rings. The molecule has 0 aromatic carbocycles. The van der Waals surface area contributed by atoms with Crippen LogP contribution in [0, 0.1) is 17.8 Å². The molecule has 2 saturated carbocycles. The number of imidazole rings is 1. The maximum Gasteiger partial charge on any atom is 0.439 e. The van der Waals surface area contributed by atoms with Gasteiger partial charge in [-0.1, -0.05) is 49.9 Å². The standard InChI is InChI=1S/C27H31ClFN7O2/c1-15-6-8-17(9-7-15)14-36-21-20(18-11-19(28)13-30-12-18)31-23(24-34-26(37)38-35-24)32-22(21)33-25(36)27(29)10-4-3-5-16(27)2/h11-13,15-17H,3-10,14H2,1-2H3,(H,34,35,37)/t15-,16?,17-,27?. The third kappa shape index (κ3) is 4.52. The molecule has 0 saturated heterocycles. The Balaban J connectivity index is 1.61. The van der Waals surface area contributed by atoms with Crippen LogP contribution in [0.25, 0.3) is 34.1 Å². The number of pyridine rings is 1. The predicted octanol–water partition coefficient (Wildman–Crippen LogP) is 6.09. The lowest BCUT2D eigenvalue weighted by atomic mass is 9.77. The van der Waals surface area contributed by atoms with Crippen LogP contribution in [0.4, 0.5) is 4.39 Å². The molecule has 0 amide bonds. The zero-order valence-corrected chi connectivity index (χ0v) is 22.3. The number of hydrogen-bond donors (Lipinski definition) is 1. The number of halogens is 2. The Hall–Kier alpha value is -3.14. The number of aromatic amines is 1. The molecule has 9 nitrogen and oxygen atoms in total. The Morgan fingerprint density at radius 3 is 2.66 bits per heavy atom. The fraction of sp³-hybridized carbons (Fsp3) is 0.556. The normalized spacial score (nSPS) is 26.2. The van der Waals surface area contributed by atoms with Crippen molar-refractivity contribution in [2.75, 3.05) is 0 Å². The highest BCUT2D eigenvalue weighted by Gasteiger charge is 2.45. The van der Waals surface area contributed by atoms with E-state index in [-0.39, 0.29) is 17.6 Å². The van der Waals surface area contributed by atoms with Gasteiger partial charge in [0.15, 0.2) is 11.3 Å². The van der Waals surface area contributed by atoms with Crippen LogP contribution >= 0.6 is 11.6 Å². The van der Waals surface area contributed by atoms with Crippen molar-refractivity contribution in [2.45, 2.75) is 77.4 Å². The van der Waals surface area contributed by atoms with Crippen molar-refractivity contribution in [3.8, 4) is 22.9 Å². The van der Waals surface area contributed by atoms with E-state index in [9.17, 15) is 4.79 Å². The number of hydrogen-bond acceptors (Lipinski definition) is 7. The van der Waals surface area contributed by atoms with E-state index in [0.29, 0.717) is 58.1 Å². The molecule has 2 unspecified atom stereocenters. The molecule has 38 heavy (non-hydrogen) atoms. The van der Waals surface area contributed by atoms with Gasteiger partial charge in [0.25, 0.3) is 0 Å². The SMILES string of the molecule is CC1CCCCC1(F)c1nc2nc(-c3noc(=O)[nH]3)nc(-c3cncc(Cl)c3)c2n1C[C@H]1CC[C@H](C)CC1. The van der Waals surface area contributed by atoms with Gasteiger partial charge in [-0.25, -0.2) is 24.1 Å². The van der Waals surface area contributed by atoms with Crippen molar-refractivity contribution in [2.24, 2.45) is 17.8 Å². The number of fused-ring (bicyclic) bond motifs is 1. The van der Waals surface area contributed by atoms with Crippen molar-refractivity contribution in [1.82, 2.24) is 34.6 Å². The summed E-state index contributed by atoms with van der Waals surface area (Å²) < 4.78 is 23.7. The van der Waals surface area contributed by atoms with Gasteiger partial charge in [0.05, 0.1) is 5.02 Å². The molecule has 0 bridgehead atoms. The highest BCUT2D eigenvalue weighted by molar-refractivity contribution is 6.30. The van der Waals surface area contributed by atoms with E-state index in [4.69, 9.17) is 26.1 Å². The van der Waals surface area contributed by atoms with Crippen molar-refractivity contribution in [3.63, 3.8) is 0 Å². The summed E-state index contributed by atoms with van der Waals surface area (Å²) in [6, 6.07) is 1.76. The second-order valence-corrected chi connectivity index (χ2v) is 11.5. The lowest BCUT2D eigenvalue weighted by molar-refractivity contribution is 0.0312. The number of alkyl halides is 1. The first kappa shape index (κ1) is 25.2. The minimum absolute atomic E-state index is 0.0755. The lowest BCUT2D eigenvalue weighted by Gasteiger charge is -2.36. The smallest absolute Gasteiger partial charge is 0.322 e. The van der Waals surface area contributed by atoms with Crippen molar-refractivity contribution >= 4 is 22.8 Å². The van der Waals surface area contributed by atoms with E-state index in [1.807, 2.05) is 11.5 Å². The maximum atomic E-state index is 17.0. The van der Waals surface area contributed by atoms with E-state index >= 15 is 4.39 Å². The fourth-order valence-corrected chi connectivity index (χ4v) is 6.29. The van der Waals surface area contributed by atoms with Crippen LogP contribution in [0.5, 0.6) is 0 Å². The van der Waals surface area contributed by atoms with Crippen molar-refractivity contribution < 1.29 is 8.91 Å². The van der Waals surface area contributed by atoms with E-state index in [1.165, 1.54) is 0 Å². The summed E-state index contributed by atoms with van der Waals surface area (Å²) in [6.07, 6.45) is 10.8. The Labute approximate surface area is 224 Å². The number of rotatable bonds is 5. The summed E-state index contributed by atoms with van der Waals surface area (Å²) >= 11 is 6.32. The van der Waals surface area contributed by atoms with E-state index in [0.717, 1.165) is 44.9 Å². The van der Waals surface area contributed by atoms with Gasteiger partial charge < -0.3 is 4.57 Å². The minimum atomic E-state index is -1.58. The molecular formula is C27H31ClFN7O2. The van der Waals surface area contributed by atoms with Crippen LogP contribution in [0.3, 0.4) is 0 Å². The average Bonchev–Trinajstić information content (AvgIpc) is 3.51. The van der Waals surface area contributed by atoms with Gasteiger partial charge in [-0.15, -0.1) is 0 Å². The van der Waals surface area contributed by atoms with Crippen molar-refractivity contribution in [1.29, 1.82) is 0 Å². The number of aromatic nitrogens is 7. The van der Waals surface area contributed by atoms with Gasteiger partial charge in [0.2, 0.25) is 11.6 Å². The zero-order chi connectivity index (χ0) is 26.4. The monoisotopic (exact) mass is 539 g/mol. The third-order valence-electron chi connectivity index (χ3n) is 8.39. The molecular weight excluding hydrogens is 509 g/mol. The Bertz CT molecular complexity index is 1520. The van der Waals surface area contributed by atoms with Crippen LogP contribution in [0.1, 0.15) is 71.0 Å². The van der Waals surface area contributed by atoms with Crippen molar-refractivity contribution in [3.05, 3.63) is 39.9 Å². The van der Waals surface area contributed by atoms with Gasteiger partial charge in [-0.3, -0.25) is 14.5 Å². The molecule has 2 atom stereocenters. The van der Waals surface area contributed by atoms with Gasteiger partial charge >= 0.3 is 5.76 Å². The summed E-state index contributed by atoms with van der Waals surface area (Å²) in [5, 5.41) is 4.22. The first-order chi connectivity index (χ1) is 18.3. The average molecular weight is 540 g/mol. The molecule has 0 aliphatic heterocycles. The molecule has 11 heteroatoms. The summed E-state index contributed by atoms with van der Waals surface area (Å²) in [5.74, 6) is 0.841. The first-order valence-electron chi connectivity index (χ1n) is 13.5. The molecule has 0 radical (unpaired) electrons. The molecule has 1 N–H and O–H groups in total. The first-order valence-corrected chi connectivity index (χ1v) is 13.8. The highest BCUT2D eigenvalue weighted by atomic mass is 35.5. The summed E-state index contributed by atoms with van der Waals surface area (Å²) in [6.45, 7) is 4.91. The molecule has 4 aromatic heterocycles. The summed E-state index contributed by atoms with van der Waals surface area (Å²) in [4.78, 5) is 32.7. The minimum Gasteiger partial charge on any atom is -0.322 e. The second kappa shape index (κ2) is 9.87. The van der Waals surface area contributed by atoms with Crippen LogP contribution in [-0.4, -0.2) is 34.6 Å². The Morgan fingerprint density at radius 1 is 1.13 bits per heavy atom. The summed E-state index contributed by atoms with van der Waals surface area (Å²) in [7, 11) is 0. The highest BCUT2D eigenvalue weighted by Crippen LogP contribution is 2.46. The second-order valence-electron chi connectivity index (χ2n) is 11.1. The molecule has 2 aliphatic carbocycles. The molecule has 0 spiro atoms. The maximum absolute atomic E-state index is 17.0. The van der Waals surface area contributed by atoms with Gasteiger partial charge in [0, 0.05) is 24.5 Å². The van der Waals surface area contributed by atoms with Crippen LogP contribution in [-0.2, 0) is 12.2 Å². The Kier molecular flexibility index (Phi) is 6.53. The summed E-state index contributed by atoms with van der Waals surface area (Å²) in [5.41, 5.74) is 0.577. The quantitative estimate of drug-likeness (QED) is 0.326. The Morgan fingerprint density at radius 2 is 1.95 bits per heavy atom. The van der Waals surface area contributed by atoms with Crippen LogP contribution in [0.15, 0.2) is 27.8 Å². The molecule has 6 rings (SSSR count). The third-order valence-corrected chi connectivity index (χ3v) is 8.60. The van der Waals surface area contributed by atoms with E-state index in [1.54, 1.807) is 18.5 Å². The lowest BCUT2D eigenvalue weighted by Crippen LogP contribution is -2.36. The van der Waals surface area contributed by atoms with Crippen LogP contribution < -0.4 is 5.76 Å². The molecule has 4 heterocycles. The largest absolute Gasteiger partial charge is 0.439 e. The van der Waals surface area contributed by atoms with Crippen LogP contribution in [0.2, 0.25) is 5.02 Å². The zero-order valence-electron chi connectivity index (χ0n) is 21.6. The molecule has 200 valence electrons. The molecule has 2 aliphatic rings. The van der Waals surface area contributed by atoms with E-state index in [2.05, 4.69) is 27.0 Å². The fourth-order valence-electron chi connectivity index (χ4n) is 6.12. The number of nitrogens with zero attached hydrogens (tertiary/aromatic N) is 6. The van der Waals surface area contributed by atoms with Gasteiger partial charge in [0.1, 0.15) is 17.0 Å². The number of nitrogens with one attached hydrogen (secondary N) is 1. The molecule has 2 fully saturated rings. The predicted molar refractivity (Wildman–Crippen MR) is 141 cm³/mol. The topological polar surface area (TPSA) is 115 Å². The van der Waals surface area contributed by atoms with E-state index < -0.39 is 11.4 Å². The van der Waals surface area contributed by atoms with Gasteiger partial charge in [-0.2, -0.15) is 0 Å². The van der Waals surface area contributed by atoms with Gasteiger partial charge in [-0.05, 0) is 55.9 Å².